The fourth-order valence-corrected chi connectivity index (χ4v) is 7.49. The van der Waals surface area contributed by atoms with E-state index in [-0.39, 0.29) is 10.8 Å². The summed E-state index contributed by atoms with van der Waals surface area (Å²) in [5.74, 6) is 2.07. The molecule has 4 heteroatoms. The molecule has 0 spiro atoms. The second-order valence-electron chi connectivity index (χ2n) is 12.1. The molecule has 0 fully saturated rings. The summed E-state index contributed by atoms with van der Waals surface area (Å²) in [5.41, 5.74) is 7.16. The highest BCUT2D eigenvalue weighted by molar-refractivity contribution is 6.52. The van der Waals surface area contributed by atoms with Crippen molar-refractivity contribution in [3.8, 4) is 11.5 Å². The van der Waals surface area contributed by atoms with Crippen LogP contribution in [0.2, 0.25) is 21.1 Å². The Morgan fingerprint density at radius 2 is 0.914 bits per heavy atom. The van der Waals surface area contributed by atoms with Crippen LogP contribution in [0.25, 0.3) is 0 Å². The summed E-state index contributed by atoms with van der Waals surface area (Å²) in [6, 6.07) is 9.11. The number of aryl methyl sites for hydroxylation is 2. The Morgan fingerprint density at radius 1 is 0.600 bits per heavy atom. The van der Waals surface area contributed by atoms with E-state index >= 15 is 0 Å². The van der Waals surface area contributed by atoms with Gasteiger partial charge in [0, 0.05) is 11.1 Å². The molecule has 2 rings (SSSR count). The summed E-state index contributed by atoms with van der Waals surface area (Å²) >= 11 is -2.66. The lowest BCUT2D eigenvalue weighted by atomic mass is 9.81. The maximum Gasteiger partial charge on any atom is 0.546 e. The van der Waals surface area contributed by atoms with E-state index in [0.717, 1.165) is 43.8 Å². The Hall–Kier alpha value is -0.895. The van der Waals surface area contributed by atoms with Crippen LogP contribution in [0.5, 0.6) is 11.5 Å². The van der Waals surface area contributed by atoms with Crippen molar-refractivity contribution in [2.75, 3.05) is 0 Å². The normalized spacial score (nSPS) is 12.0. The standard InChI is InChI=1S/C23H30O2.4C2H5.2Al/c1-14-9-16(20(24)18(11-14)22(3,4)5)13-17-10-15(2)12-19(21(17)25)23(6,7)8;4*1-2;;/h9-12,24-25H,1-8H3;4*1H2,2H3;;/q;;;;;2*+1/p-2. The van der Waals surface area contributed by atoms with Crippen molar-refractivity contribution >= 4 is 29.0 Å². The lowest BCUT2D eigenvalue weighted by Crippen LogP contribution is -2.24. The monoisotopic (exact) mass is 506 g/mol. The molecule has 2 aromatic rings. The van der Waals surface area contributed by atoms with E-state index < -0.39 is 29.0 Å². The van der Waals surface area contributed by atoms with Gasteiger partial charge in [-0.2, -0.15) is 0 Å². The molecule has 2 aromatic carbocycles. The number of hydrogen-bond donors (Lipinski definition) is 0. The van der Waals surface area contributed by atoms with E-state index in [1.165, 1.54) is 22.3 Å². The van der Waals surface area contributed by atoms with Crippen LogP contribution < -0.4 is 7.58 Å². The Kier molecular flexibility index (Phi) is 10.9. The van der Waals surface area contributed by atoms with E-state index in [1.807, 2.05) is 0 Å². The summed E-state index contributed by atoms with van der Waals surface area (Å²) in [4.78, 5) is 0. The topological polar surface area (TPSA) is 18.5 Å². The van der Waals surface area contributed by atoms with Crippen LogP contribution >= 0.6 is 0 Å². The SMILES string of the molecule is C[CH2][Al]([CH2]C)[O]c1c([C]c2cc(C)cc(C(C)(C)C)c2[O][Al]([CH2]C)[CH2]C)cc(C)cc1C(C)(C)C. The van der Waals surface area contributed by atoms with Crippen LogP contribution in [0.3, 0.4) is 0 Å². The molecule has 0 saturated heterocycles. The highest BCUT2D eigenvalue weighted by atomic mass is 27.2. The van der Waals surface area contributed by atoms with Gasteiger partial charge in [0.15, 0.2) is 0 Å². The Balaban J connectivity index is 2.78. The Labute approximate surface area is 226 Å². The highest BCUT2D eigenvalue weighted by Gasteiger charge is 2.30. The van der Waals surface area contributed by atoms with Gasteiger partial charge in [0.05, 0.1) is 17.9 Å². The predicted molar refractivity (Wildman–Crippen MR) is 156 cm³/mol. The molecule has 0 bridgehead atoms. The lowest BCUT2D eigenvalue weighted by molar-refractivity contribution is 0.507. The average molecular weight is 507 g/mol. The fourth-order valence-electron chi connectivity index (χ4n) is 4.49. The molecule has 0 aromatic heterocycles. The summed E-state index contributed by atoms with van der Waals surface area (Å²) < 4.78 is 13.7. The first-order chi connectivity index (χ1) is 16.2. The van der Waals surface area contributed by atoms with Gasteiger partial charge in [-0.15, -0.1) is 0 Å². The third-order valence-electron chi connectivity index (χ3n) is 6.74. The van der Waals surface area contributed by atoms with Crippen LogP contribution in [0, 0.1) is 20.3 Å². The van der Waals surface area contributed by atoms with Crippen LogP contribution in [0.15, 0.2) is 24.3 Å². The molecule has 0 heterocycles. The third kappa shape index (κ3) is 8.04. The maximum absolute atomic E-state index is 6.86. The zero-order valence-corrected chi connectivity index (χ0v) is 26.9. The minimum Gasteiger partial charge on any atom is -0.642 e. The number of benzene rings is 2. The molecular formula is C31H48Al2O2. The van der Waals surface area contributed by atoms with Crippen LogP contribution in [-0.4, -0.2) is 29.0 Å². The van der Waals surface area contributed by atoms with Gasteiger partial charge in [-0.1, -0.05) is 126 Å². The third-order valence-corrected chi connectivity index (χ3v) is 11.5. The smallest absolute Gasteiger partial charge is 0.546 e. The molecule has 190 valence electrons. The minimum absolute atomic E-state index is 0.0108. The molecule has 0 aliphatic rings. The van der Waals surface area contributed by atoms with Gasteiger partial charge < -0.3 is 7.58 Å². The van der Waals surface area contributed by atoms with E-state index in [0.29, 0.717) is 0 Å². The molecule has 0 aliphatic heterocycles. The molecule has 0 amide bonds. The summed E-state index contributed by atoms with van der Waals surface area (Å²) in [5, 5.41) is 4.50. The first-order valence-electron chi connectivity index (χ1n) is 13.7. The van der Waals surface area contributed by atoms with Crippen molar-refractivity contribution in [3.05, 3.63) is 64.1 Å². The largest absolute Gasteiger partial charge is 0.642 e. The zero-order valence-electron chi connectivity index (χ0n) is 24.6. The summed E-state index contributed by atoms with van der Waals surface area (Å²) in [6.45, 7) is 27.1. The number of rotatable bonds is 10. The van der Waals surface area contributed by atoms with Gasteiger partial charge in [0.25, 0.3) is 0 Å². The van der Waals surface area contributed by atoms with Crippen molar-refractivity contribution in [3.63, 3.8) is 0 Å². The van der Waals surface area contributed by atoms with Crippen LogP contribution in [0.1, 0.15) is 103 Å². The van der Waals surface area contributed by atoms with Gasteiger partial charge in [0.1, 0.15) is 0 Å². The Morgan fingerprint density at radius 3 is 1.17 bits per heavy atom. The summed E-state index contributed by atoms with van der Waals surface area (Å²) in [6.07, 6.45) is 3.85. The molecule has 2 radical (unpaired) electrons. The predicted octanol–water partition coefficient (Wildman–Crippen LogP) is 9.20. The summed E-state index contributed by atoms with van der Waals surface area (Å²) in [7, 11) is 0. The highest BCUT2D eigenvalue weighted by Crippen LogP contribution is 2.42. The molecule has 0 N–H and O–H groups in total. The quantitative estimate of drug-likeness (QED) is 0.299. The number of hydrogen-bond acceptors (Lipinski definition) is 2. The molecule has 35 heavy (non-hydrogen) atoms. The fraction of sp³-hybridized carbons (Fsp3) is 0.581. The first kappa shape index (κ1) is 30.3. The van der Waals surface area contributed by atoms with Crippen LogP contribution in [0.4, 0.5) is 0 Å². The van der Waals surface area contributed by atoms with Crippen molar-refractivity contribution in [1.29, 1.82) is 0 Å². The van der Waals surface area contributed by atoms with E-state index in [9.17, 15) is 0 Å². The average Bonchev–Trinajstić information content (AvgIpc) is 2.76. The molecule has 0 atom stereocenters. The van der Waals surface area contributed by atoms with E-state index in [4.69, 9.17) is 7.58 Å². The molecular weight excluding hydrogens is 458 g/mol. The zero-order chi connectivity index (χ0) is 26.6. The molecule has 0 unspecified atom stereocenters. The van der Waals surface area contributed by atoms with Gasteiger partial charge in [0.2, 0.25) is 0 Å². The van der Waals surface area contributed by atoms with Gasteiger partial charge >= 0.3 is 29.0 Å². The maximum atomic E-state index is 6.86. The lowest BCUT2D eigenvalue weighted by Gasteiger charge is -2.30. The molecule has 0 aliphatic carbocycles. The van der Waals surface area contributed by atoms with Crippen molar-refractivity contribution in [2.24, 2.45) is 0 Å². The van der Waals surface area contributed by atoms with Crippen molar-refractivity contribution in [1.82, 2.24) is 0 Å². The van der Waals surface area contributed by atoms with Crippen molar-refractivity contribution < 1.29 is 7.58 Å². The van der Waals surface area contributed by atoms with Gasteiger partial charge in [-0.05, 0) is 35.8 Å². The van der Waals surface area contributed by atoms with E-state index in [2.05, 4.69) is 114 Å². The second-order valence-corrected chi connectivity index (χ2v) is 18.3. The minimum atomic E-state index is -1.33. The van der Waals surface area contributed by atoms with Crippen molar-refractivity contribution in [2.45, 2.75) is 115 Å². The first-order valence-corrected chi connectivity index (χ1v) is 17.9. The van der Waals surface area contributed by atoms with Gasteiger partial charge in [-0.3, -0.25) is 0 Å². The molecule has 0 saturated carbocycles. The van der Waals surface area contributed by atoms with Crippen LogP contribution in [-0.2, 0) is 10.8 Å². The molecule has 2 nitrogen and oxygen atoms in total. The Bertz CT molecular complexity index is 895. The van der Waals surface area contributed by atoms with E-state index in [1.54, 1.807) is 0 Å². The van der Waals surface area contributed by atoms with Gasteiger partial charge in [-0.25, -0.2) is 0 Å². The second kappa shape index (κ2) is 12.6.